The minimum atomic E-state index is -2.50. The summed E-state index contributed by atoms with van der Waals surface area (Å²) in [6.45, 7) is 9.33. The van der Waals surface area contributed by atoms with Crippen molar-refractivity contribution < 1.29 is 23.0 Å². The van der Waals surface area contributed by atoms with Gasteiger partial charge in [0.15, 0.2) is 6.61 Å². The standard InChI is InChI=1S/C27H31F2N3O3/c1-5-13-32(15-20-7-12-23(18(3)14-20)35-16-24(33)34-6-2)27-19(4)25(30-17-31-27)21-8-10-22(11-9-21)26(28)29/h7-12,14,17,26H,5-6,13,15-16H2,1-4H3. The maximum absolute atomic E-state index is 12.9. The Morgan fingerprint density at radius 3 is 2.43 bits per heavy atom. The maximum atomic E-state index is 12.9. The predicted octanol–water partition coefficient (Wildman–Crippen LogP) is 6.06. The van der Waals surface area contributed by atoms with Crippen LogP contribution < -0.4 is 9.64 Å². The first-order chi connectivity index (χ1) is 16.8. The van der Waals surface area contributed by atoms with E-state index in [9.17, 15) is 13.6 Å². The van der Waals surface area contributed by atoms with Crippen LogP contribution in [0.25, 0.3) is 11.3 Å². The number of aryl methyl sites for hydroxylation is 1. The molecule has 0 aliphatic rings. The van der Waals surface area contributed by atoms with Crippen molar-refractivity contribution in [2.45, 2.75) is 47.1 Å². The fraction of sp³-hybridized carbons (Fsp3) is 0.370. The van der Waals surface area contributed by atoms with Crippen molar-refractivity contribution in [3.8, 4) is 17.0 Å². The number of esters is 1. The highest BCUT2D eigenvalue weighted by Gasteiger charge is 2.17. The van der Waals surface area contributed by atoms with Gasteiger partial charge in [-0.2, -0.15) is 0 Å². The van der Waals surface area contributed by atoms with E-state index in [1.54, 1.807) is 19.1 Å². The molecule has 0 saturated carbocycles. The second-order valence-corrected chi connectivity index (χ2v) is 8.21. The Morgan fingerprint density at radius 2 is 1.80 bits per heavy atom. The van der Waals surface area contributed by atoms with E-state index < -0.39 is 12.4 Å². The molecule has 0 radical (unpaired) electrons. The average molecular weight is 484 g/mol. The number of nitrogens with zero attached hydrogens (tertiary/aromatic N) is 3. The van der Waals surface area contributed by atoms with Gasteiger partial charge in [-0.15, -0.1) is 0 Å². The molecule has 0 amide bonds. The number of halogens is 2. The topological polar surface area (TPSA) is 64.5 Å². The highest BCUT2D eigenvalue weighted by molar-refractivity contribution is 5.71. The summed E-state index contributed by atoms with van der Waals surface area (Å²) in [6, 6.07) is 12.1. The van der Waals surface area contributed by atoms with Gasteiger partial charge in [-0.3, -0.25) is 0 Å². The number of ether oxygens (including phenoxy) is 2. The van der Waals surface area contributed by atoms with Gasteiger partial charge in [0, 0.05) is 29.8 Å². The largest absolute Gasteiger partial charge is 0.482 e. The van der Waals surface area contributed by atoms with Crippen LogP contribution in [0.3, 0.4) is 0 Å². The third-order valence-electron chi connectivity index (χ3n) is 5.55. The summed E-state index contributed by atoms with van der Waals surface area (Å²) < 4.78 is 36.4. The van der Waals surface area contributed by atoms with Crippen molar-refractivity contribution in [2.24, 2.45) is 0 Å². The molecule has 0 fully saturated rings. The highest BCUT2D eigenvalue weighted by atomic mass is 19.3. The molecule has 35 heavy (non-hydrogen) atoms. The van der Waals surface area contributed by atoms with E-state index in [2.05, 4.69) is 21.8 Å². The second-order valence-electron chi connectivity index (χ2n) is 8.21. The second kappa shape index (κ2) is 12.2. The molecule has 186 valence electrons. The first-order valence-electron chi connectivity index (χ1n) is 11.7. The van der Waals surface area contributed by atoms with Crippen LogP contribution >= 0.6 is 0 Å². The fourth-order valence-corrected chi connectivity index (χ4v) is 3.90. The van der Waals surface area contributed by atoms with Crippen molar-refractivity contribution in [1.82, 2.24) is 9.97 Å². The van der Waals surface area contributed by atoms with Crippen LogP contribution in [0.15, 0.2) is 48.8 Å². The summed E-state index contributed by atoms with van der Waals surface area (Å²) in [5.74, 6) is 1.04. The Balaban J connectivity index is 1.82. The number of rotatable bonds is 11. The first kappa shape index (κ1) is 26.1. The minimum Gasteiger partial charge on any atom is -0.482 e. The van der Waals surface area contributed by atoms with Gasteiger partial charge in [-0.1, -0.05) is 43.3 Å². The van der Waals surface area contributed by atoms with E-state index in [4.69, 9.17) is 9.47 Å². The molecule has 0 aliphatic heterocycles. The van der Waals surface area contributed by atoms with Gasteiger partial charge in [0.05, 0.1) is 12.3 Å². The van der Waals surface area contributed by atoms with E-state index in [-0.39, 0.29) is 12.2 Å². The molecular formula is C27H31F2N3O3. The van der Waals surface area contributed by atoms with Crippen molar-refractivity contribution in [3.63, 3.8) is 0 Å². The quantitative estimate of drug-likeness (QED) is 0.309. The molecule has 0 aliphatic carbocycles. The monoisotopic (exact) mass is 483 g/mol. The minimum absolute atomic E-state index is 0.0154. The van der Waals surface area contributed by atoms with E-state index in [1.807, 2.05) is 32.0 Å². The van der Waals surface area contributed by atoms with E-state index in [0.29, 0.717) is 18.9 Å². The molecule has 0 saturated heterocycles. The summed E-state index contributed by atoms with van der Waals surface area (Å²) in [7, 11) is 0. The van der Waals surface area contributed by atoms with Crippen molar-refractivity contribution in [3.05, 3.63) is 71.0 Å². The Morgan fingerprint density at radius 1 is 1.06 bits per heavy atom. The smallest absolute Gasteiger partial charge is 0.344 e. The van der Waals surface area contributed by atoms with E-state index in [1.165, 1.54) is 18.5 Å². The van der Waals surface area contributed by atoms with Gasteiger partial charge in [-0.25, -0.2) is 23.5 Å². The molecule has 0 spiro atoms. The Kier molecular flexibility index (Phi) is 9.11. The summed E-state index contributed by atoms with van der Waals surface area (Å²) in [6.07, 6.45) is -0.0721. The highest BCUT2D eigenvalue weighted by Crippen LogP contribution is 2.30. The summed E-state index contributed by atoms with van der Waals surface area (Å²) >= 11 is 0. The van der Waals surface area contributed by atoms with Crippen LogP contribution in [0.1, 0.15) is 48.9 Å². The lowest BCUT2D eigenvalue weighted by atomic mass is 10.0. The lowest BCUT2D eigenvalue weighted by Crippen LogP contribution is -2.25. The molecular weight excluding hydrogens is 452 g/mol. The molecule has 2 aromatic carbocycles. The number of carbonyl (C=O) groups is 1. The van der Waals surface area contributed by atoms with Crippen LogP contribution in [-0.2, 0) is 16.1 Å². The van der Waals surface area contributed by atoms with Crippen LogP contribution in [0.4, 0.5) is 14.6 Å². The van der Waals surface area contributed by atoms with Crippen LogP contribution in [0.2, 0.25) is 0 Å². The molecule has 1 heterocycles. The summed E-state index contributed by atoms with van der Waals surface area (Å²) in [4.78, 5) is 22.7. The van der Waals surface area contributed by atoms with Crippen LogP contribution in [0, 0.1) is 13.8 Å². The van der Waals surface area contributed by atoms with E-state index >= 15 is 0 Å². The lowest BCUT2D eigenvalue weighted by Gasteiger charge is -2.26. The Bertz CT molecular complexity index is 1140. The number of anilines is 1. The zero-order valence-corrected chi connectivity index (χ0v) is 20.6. The molecule has 8 heteroatoms. The fourth-order valence-electron chi connectivity index (χ4n) is 3.90. The van der Waals surface area contributed by atoms with E-state index in [0.717, 1.165) is 46.7 Å². The first-order valence-corrected chi connectivity index (χ1v) is 11.7. The predicted molar refractivity (Wildman–Crippen MR) is 132 cm³/mol. The van der Waals surface area contributed by atoms with Crippen LogP contribution in [0.5, 0.6) is 5.75 Å². The third-order valence-corrected chi connectivity index (χ3v) is 5.55. The molecule has 1 aromatic heterocycles. The number of alkyl halides is 2. The summed E-state index contributed by atoms with van der Waals surface area (Å²) in [5, 5.41) is 0. The van der Waals surface area contributed by atoms with Crippen LogP contribution in [-0.4, -0.2) is 35.7 Å². The molecule has 3 aromatic rings. The zero-order valence-electron chi connectivity index (χ0n) is 20.6. The number of hydrogen-bond donors (Lipinski definition) is 0. The molecule has 3 rings (SSSR count). The van der Waals surface area contributed by atoms with Gasteiger partial charge in [-0.05, 0) is 44.4 Å². The normalized spacial score (nSPS) is 10.9. The number of carbonyl (C=O) groups excluding carboxylic acids is 1. The number of hydrogen-bond acceptors (Lipinski definition) is 6. The van der Waals surface area contributed by atoms with Crippen molar-refractivity contribution >= 4 is 11.8 Å². The molecule has 6 nitrogen and oxygen atoms in total. The maximum Gasteiger partial charge on any atom is 0.344 e. The van der Waals surface area contributed by atoms with Gasteiger partial charge < -0.3 is 14.4 Å². The molecule has 0 bridgehead atoms. The molecule has 0 atom stereocenters. The average Bonchev–Trinajstić information content (AvgIpc) is 2.84. The lowest BCUT2D eigenvalue weighted by molar-refractivity contribution is -0.145. The molecule has 0 unspecified atom stereocenters. The van der Waals surface area contributed by atoms with Gasteiger partial charge in [0.2, 0.25) is 0 Å². The Hall–Kier alpha value is -3.55. The zero-order chi connectivity index (χ0) is 25.4. The third kappa shape index (κ3) is 6.74. The van der Waals surface area contributed by atoms with Gasteiger partial charge in [0.25, 0.3) is 6.43 Å². The van der Waals surface area contributed by atoms with Gasteiger partial charge in [0.1, 0.15) is 17.9 Å². The number of aromatic nitrogens is 2. The van der Waals surface area contributed by atoms with Crippen molar-refractivity contribution in [1.29, 1.82) is 0 Å². The number of benzene rings is 2. The van der Waals surface area contributed by atoms with Gasteiger partial charge >= 0.3 is 5.97 Å². The van der Waals surface area contributed by atoms with Crippen molar-refractivity contribution in [2.75, 3.05) is 24.7 Å². The SMILES string of the molecule is CCCN(Cc1ccc(OCC(=O)OCC)c(C)c1)c1ncnc(-c2ccc(C(F)F)cc2)c1C. The summed E-state index contributed by atoms with van der Waals surface area (Å²) in [5.41, 5.74) is 4.35. The molecule has 0 N–H and O–H groups in total. The Labute approximate surface area is 204 Å².